The van der Waals surface area contributed by atoms with E-state index >= 15 is 0 Å². The first-order valence-corrected chi connectivity index (χ1v) is 6.35. The van der Waals surface area contributed by atoms with Crippen molar-refractivity contribution in [1.29, 1.82) is 0 Å². The van der Waals surface area contributed by atoms with Crippen molar-refractivity contribution in [3.05, 3.63) is 45.9 Å². The van der Waals surface area contributed by atoms with Gasteiger partial charge in [0.25, 0.3) is 5.91 Å². The van der Waals surface area contributed by atoms with Crippen molar-refractivity contribution in [3.8, 4) is 11.8 Å². The summed E-state index contributed by atoms with van der Waals surface area (Å²) in [5, 5.41) is 19.0. The number of carbonyl (C=O) groups is 1. The lowest BCUT2D eigenvalue weighted by Crippen LogP contribution is -2.22. The van der Waals surface area contributed by atoms with E-state index in [0.717, 1.165) is 4.88 Å². The van der Waals surface area contributed by atoms with Gasteiger partial charge in [0.15, 0.2) is 0 Å². The fourth-order valence-corrected chi connectivity index (χ4v) is 2.14. The van der Waals surface area contributed by atoms with Gasteiger partial charge in [-0.3, -0.25) is 4.79 Å². The molecule has 0 aliphatic heterocycles. The predicted octanol–water partition coefficient (Wildman–Crippen LogP) is 0.812. The zero-order chi connectivity index (χ0) is 13.5. The normalized spacial score (nSPS) is 9.53. The average molecular weight is 273 g/mol. The summed E-state index contributed by atoms with van der Waals surface area (Å²) in [7, 11) is 0. The maximum atomic E-state index is 11.9. The molecule has 1 amide bonds. The summed E-state index contributed by atoms with van der Waals surface area (Å²) in [4.78, 5) is 13.2. The number of hydrogen-bond donors (Lipinski definition) is 2. The molecular formula is C13H11N3O2S. The summed E-state index contributed by atoms with van der Waals surface area (Å²) in [5.74, 6) is 5.13. The predicted molar refractivity (Wildman–Crippen MR) is 71.5 cm³/mol. The van der Waals surface area contributed by atoms with Crippen molar-refractivity contribution in [1.82, 2.24) is 15.5 Å². The number of hydrogen-bond acceptors (Lipinski definition) is 5. The van der Waals surface area contributed by atoms with Crippen LogP contribution in [-0.2, 0) is 6.54 Å². The topological polar surface area (TPSA) is 75.1 Å². The number of carbonyl (C=O) groups excluding carboxylic acids is 1. The molecule has 0 saturated carbocycles. The van der Waals surface area contributed by atoms with E-state index in [0.29, 0.717) is 17.1 Å². The van der Waals surface area contributed by atoms with Crippen molar-refractivity contribution in [3.63, 3.8) is 0 Å². The first-order chi connectivity index (χ1) is 9.29. The maximum Gasteiger partial charge on any atom is 0.261 e. The van der Waals surface area contributed by atoms with Gasteiger partial charge >= 0.3 is 0 Å². The fourth-order valence-electron chi connectivity index (χ4n) is 1.34. The highest BCUT2D eigenvalue weighted by atomic mass is 32.1. The highest BCUT2D eigenvalue weighted by Gasteiger charge is 2.08. The smallest absolute Gasteiger partial charge is 0.261 e. The van der Waals surface area contributed by atoms with Crippen LogP contribution in [0.3, 0.4) is 0 Å². The number of aromatic nitrogens is 2. The van der Waals surface area contributed by atoms with E-state index in [9.17, 15) is 4.79 Å². The Kier molecular flexibility index (Phi) is 4.61. The summed E-state index contributed by atoms with van der Waals surface area (Å²) in [6.07, 6.45) is 1.58. The van der Waals surface area contributed by atoms with Crippen LogP contribution in [-0.4, -0.2) is 27.8 Å². The molecule has 0 atom stereocenters. The van der Waals surface area contributed by atoms with Crippen LogP contribution < -0.4 is 5.32 Å². The van der Waals surface area contributed by atoms with Crippen LogP contribution >= 0.6 is 11.3 Å². The van der Waals surface area contributed by atoms with Crippen LogP contribution in [0.15, 0.2) is 30.5 Å². The van der Waals surface area contributed by atoms with Crippen LogP contribution in [0.2, 0.25) is 0 Å². The molecule has 2 heterocycles. The molecule has 0 spiro atoms. The molecule has 2 rings (SSSR count). The Labute approximate surface area is 114 Å². The quantitative estimate of drug-likeness (QED) is 0.812. The lowest BCUT2D eigenvalue weighted by molar-refractivity contribution is 0.0954. The van der Waals surface area contributed by atoms with Crippen LogP contribution in [0, 0.1) is 11.8 Å². The molecule has 0 aliphatic rings. The van der Waals surface area contributed by atoms with Crippen LogP contribution in [0.1, 0.15) is 20.2 Å². The summed E-state index contributed by atoms with van der Waals surface area (Å²) < 4.78 is 0. The van der Waals surface area contributed by atoms with Crippen molar-refractivity contribution >= 4 is 17.2 Å². The molecule has 0 aromatic carbocycles. The summed E-state index contributed by atoms with van der Waals surface area (Å²) in [5.41, 5.74) is 0.702. The molecular weight excluding hydrogens is 262 g/mol. The van der Waals surface area contributed by atoms with E-state index < -0.39 is 0 Å². The van der Waals surface area contributed by atoms with Gasteiger partial charge in [-0.15, -0.1) is 11.3 Å². The van der Waals surface area contributed by atoms with E-state index in [1.165, 1.54) is 11.3 Å². The highest BCUT2D eigenvalue weighted by Crippen LogP contribution is 2.15. The molecule has 2 aromatic rings. The van der Waals surface area contributed by atoms with E-state index in [2.05, 4.69) is 27.4 Å². The second-order valence-corrected chi connectivity index (χ2v) is 4.61. The maximum absolute atomic E-state index is 11.9. The summed E-state index contributed by atoms with van der Waals surface area (Å²) >= 11 is 1.28. The largest absolute Gasteiger partial charge is 0.384 e. The molecule has 19 heavy (non-hydrogen) atoms. The second kappa shape index (κ2) is 6.64. The van der Waals surface area contributed by atoms with E-state index in [4.69, 9.17) is 5.11 Å². The van der Waals surface area contributed by atoms with E-state index in [1.807, 2.05) is 0 Å². The van der Waals surface area contributed by atoms with Crippen molar-refractivity contribution in [2.24, 2.45) is 0 Å². The molecule has 0 bridgehead atoms. The van der Waals surface area contributed by atoms with Gasteiger partial charge in [-0.05, 0) is 24.3 Å². The Morgan fingerprint density at radius 2 is 2.32 bits per heavy atom. The monoisotopic (exact) mass is 273 g/mol. The lowest BCUT2D eigenvalue weighted by atomic mass is 10.3. The third-order valence-electron chi connectivity index (χ3n) is 2.18. The van der Waals surface area contributed by atoms with Crippen molar-refractivity contribution in [2.75, 3.05) is 6.61 Å². The van der Waals surface area contributed by atoms with Gasteiger partial charge in [0.2, 0.25) is 0 Å². The minimum absolute atomic E-state index is 0.173. The molecule has 0 saturated heterocycles. The third-order valence-corrected chi connectivity index (χ3v) is 3.18. The van der Waals surface area contributed by atoms with E-state index in [1.54, 1.807) is 30.5 Å². The molecule has 0 radical (unpaired) electrons. The number of aliphatic hydroxyl groups is 1. The summed E-state index contributed by atoms with van der Waals surface area (Å²) in [6, 6.07) is 7.02. The average Bonchev–Trinajstić information content (AvgIpc) is 2.92. The number of nitrogens with one attached hydrogen (secondary N) is 1. The van der Waals surface area contributed by atoms with Crippen LogP contribution in [0.5, 0.6) is 0 Å². The number of nitrogens with zero attached hydrogens (tertiary/aromatic N) is 2. The zero-order valence-electron chi connectivity index (χ0n) is 9.96. The van der Waals surface area contributed by atoms with Crippen molar-refractivity contribution in [2.45, 2.75) is 6.54 Å². The number of thiophene rings is 1. The molecule has 6 heteroatoms. The first-order valence-electron chi connectivity index (χ1n) is 5.54. The highest BCUT2D eigenvalue weighted by molar-refractivity contribution is 7.14. The molecule has 5 nitrogen and oxygen atoms in total. The summed E-state index contributed by atoms with van der Waals surface area (Å²) in [6.45, 7) is 0.147. The minimum Gasteiger partial charge on any atom is -0.384 e. The van der Waals surface area contributed by atoms with Gasteiger partial charge in [-0.1, -0.05) is 11.8 Å². The van der Waals surface area contributed by atoms with Crippen molar-refractivity contribution < 1.29 is 9.90 Å². The van der Waals surface area contributed by atoms with Crippen LogP contribution in [0.4, 0.5) is 0 Å². The second-order valence-electron chi connectivity index (χ2n) is 3.52. The Bertz CT molecular complexity index is 614. The first kappa shape index (κ1) is 13.2. The molecule has 0 unspecified atom stereocenters. The fraction of sp³-hybridized carbons (Fsp3) is 0.154. The minimum atomic E-state index is -0.188. The molecule has 96 valence electrons. The van der Waals surface area contributed by atoms with E-state index in [-0.39, 0.29) is 12.5 Å². The third kappa shape index (κ3) is 3.88. The van der Waals surface area contributed by atoms with Gasteiger partial charge < -0.3 is 10.4 Å². The van der Waals surface area contributed by atoms with Gasteiger partial charge in [0, 0.05) is 6.20 Å². The standard InChI is InChI=1S/C13H11N3O2S/c17-8-2-4-11-5-6-12(19-11)13(18)14-9-10-3-1-7-15-16-10/h1,3,5-7,17H,8-9H2,(H,14,18). The number of rotatable bonds is 3. The van der Waals surface area contributed by atoms with Crippen LogP contribution in [0.25, 0.3) is 0 Å². The van der Waals surface area contributed by atoms with Gasteiger partial charge in [0.05, 0.1) is 22.0 Å². The lowest BCUT2D eigenvalue weighted by Gasteiger charge is -2.01. The van der Waals surface area contributed by atoms with Gasteiger partial charge in [0.1, 0.15) is 6.61 Å². The van der Waals surface area contributed by atoms with Gasteiger partial charge in [-0.25, -0.2) is 0 Å². The molecule has 2 aromatic heterocycles. The Balaban J connectivity index is 1.95. The SMILES string of the molecule is O=C(NCc1cccnn1)c1ccc(C#CCO)s1. The molecule has 0 fully saturated rings. The number of aliphatic hydroxyl groups excluding tert-OH is 1. The Hall–Kier alpha value is -2.23. The zero-order valence-corrected chi connectivity index (χ0v) is 10.8. The Morgan fingerprint density at radius 3 is 3.05 bits per heavy atom. The van der Waals surface area contributed by atoms with Gasteiger partial charge in [-0.2, -0.15) is 10.2 Å². The molecule has 2 N–H and O–H groups in total. The number of amides is 1. The molecule has 0 aliphatic carbocycles. The Morgan fingerprint density at radius 1 is 1.42 bits per heavy atom.